The number of aromatic nitrogens is 3. The summed E-state index contributed by atoms with van der Waals surface area (Å²) in [5, 5.41) is 13.7. The summed E-state index contributed by atoms with van der Waals surface area (Å²) < 4.78 is 6.53. The van der Waals surface area contributed by atoms with Crippen molar-refractivity contribution in [3.63, 3.8) is 0 Å². The van der Waals surface area contributed by atoms with Crippen LogP contribution in [0.25, 0.3) is 11.4 Å². The van der Waals surface area contributed by atoms with E-state index in [0.29, 0.717) is 28.6 Å². The van der Waals surface area contributed by atoms with Gasteiger partial charge in [-0.2, -0.15) is 0 Å². The van der Waals surface area contributed by atoms with Crippen molar-refractivity contribution < 1.29 is 9.84 Å². The van der Waals surface area contributed by atoms with Crippen LogP contribution in [0.2, 0.25) is 0 Å². The van der Waals surface area contributed by atoms with E-state index in [4.69, 9.17) is 4.74 Å². The normalized spacial score (nSPS) is 12.2. The third-order valence-electron chi connectivity index (χ3n) is 3.88. The second-order valence-electron chi connectivity index (χ2n) is 5.35. The molecule has 0 bridgehead atoms. The van der Waals surface area contributed by atoms with E-state index in [-0.39, 0.29) is 11.1 Å². The van der Waals surface area contributed by atoms with E-state index in [1.54, 1.807) is 57.7 Å². The van der Waals surface area contributed by atoms with E-state index in [0.717, 1.165) is 0 Å². The Hall–Kier alpha value is -2.93. The van der Waals surface area contributed by atoms with E-state index in [2.05, 4.69) is 15.3 Å². The SMILES string of the molecule is CNc1nc2ccn(C)c(=O)c(C(O)c3ccc(OC)cc3)c-2n1. The van der Waals surface area contributed by atoms with Gasteiger partial charge in [-0.3, -0.25) is 4.79 Å². The predicted octanol–water partition coefficient (Wildman–Crippen LogP) is 1.41. The van der Waals surface area contributed by atoms with Crippen molar-refractivity contribution in [2.75, 3.05) is 19.5 Å². The maximum absolute atomic E-state index is 12.7. The standard InChI is InChI=1S/C17H18N4O3/c1-18-17-19-12-8-9-21(2)16(23)13(14(12)20-17)15(22)10-4-6-11(24-3)7-5-10/h4-9,15,22H,1-3H3,(H,18,20). The maximum atomic E-state index is 12.7. The Morgan fingerprint density at radius 2 is 1.92 bits per heavy atom. The van der Waals surface area contributed by atoms with Gasteiger partial charge in [0.05, 0.1) is 18.4 Å². The topological polar surface area (TPSA) is 89.3 Å². The van der Waals surface area contributed by atoms with Gasteiger partial charge in [-0.25, -0.2) is 9.97 Å². The van der Waals surface area contributed by atoms with Crippen molar-refractivity contribution >= 4 is 5.95 Å². The molecule has 1 aromatic rings. The lowest BCUT2D eigenvalue weighted by atomic mass is 10.0. The molecule has 0 amide bonds. The van der Waals surface area contributed by atoms with Crippen LogP contribution in [-0.2, 0) is 7.05 Å². The van der Waals surface area contributed by atoms with Crippen LogP contribution in [0.4, 0.5) is 5.95 Å². The molecule has 7 heteroatoms. The Morgan fingerprint density at radius 1 is 1.21 bits per heavy atom. The lowest BCUT2D eigenvalue weighted by Crippen LogP contribution is -2.21. The number of nitrogens with one attached hydrogen (secondary N) is 1. The smallest absolute Gasteiger partial charge is 0.258 e. The number of rotatable bonds is 4. The first-order chi connectivity index (χ1) is 11.5. The van der Waals surface area contributed by atoms with Crippen LogP contribution in [0.5, 0.6) is 5.75 Å². The molecule has 2 aliphatic heterocycles. The fourth-order valence-corrected chi connectivity index (χ4v) is 2.52. The number of benzene rings is 1. The number of imidazole rings is 1. The lowest BCUT2D eigenvalue weighted by molar-refractivity contribution is 0.218. The number of hydrogen-bond acceptors (Lipinski definition) is 6. The van der Waals surface area contributed by atoms with Gasteiger partial charge in [0.1, 0.15) is 17.5 Å². The molecule has 7 nitrogen and oxygen atoms in total. The number of hydrogen-bond donors (Lipinski definition) is 2. The molecule has 0 saturated heterocycles. The fourth-order valence-electron chi connectivity index (χ4n) is 2.52. The molecule has 0 aliphatic carbocycles. The van der Waals surface area contributed by atoms with E-state index < -0.39 is 6.10 Å². The molecule has 0 radical (unpaired) electrons. The Morgan fingerprint density at radius 3 is 2.54 bits per heavy atom. The van der Waals surface area contributed by atoms with Crippen molar-refractivity contribution in [3.05, 3.63) is 58.0 Å². The summed E-state index contributed by atoms with van der Waals surface area (Å²) >= 11 is 0. The van der Waals surface area contributed by atoms with Gasteiger partial charge in [-0.05, 0) is 23.8 Å². The number of fused-ring (bicyclic) bond motifs is 1. The molecule has 2 aliphatic rings. The number of ether oxygens (including phenoxy) is 1. The van der Waals surface area contributed by atoms with Crippen LogP contribution >= 0.6 is 0 Å². The van der Waals surface area contributed by atoms with Crippen molar-refractivity contribution in [1.29, 1.82) is 0 Å². The molecule has 0 spiro atoms. The second-order valence-corrected chi connectivity index (χ2v) is 5.35. The van der Waals surface area contributed by atoms with Gasteiger partial charge in [0.25, 0.3) is 5.56 Å². The number of anilines is 1. The first-order valence-electron chi connectivity index (χ1n) is 7.42. The van der Waals surface area contributed by atoms with Crippen molar-refractivity contribution in [1.82, 2.24) is 14.5 Å². The summed E-state index contributed by atoms with van der Waals surface area (Å²) in [6.07, 6.45) is 0.495. The van der Waals surface area contributed by atoms with Crippen molar-refractivity contribution in [2.45, 2.75) is 6.10 Å². The Balaban J connectivity index is 2.20. The second kappa shape index (κ2) is 6.29. The van der Waals surface area contributed by atoms with Crippen LogP contribution in [0.1, 0.15) is 17.2 Å². The van der Waals surface area contributed by atoms with Gasteiger partial charge in [0, 0.05) is 20.3 Å². The minimum atomic E-state index is -1.12. The number of aryl methyl sites for hydroxylation is 1. The lowest BCUT2D eigenvalue weighted by Gasteiger charge is -2.12. The third-order valence-corrected chi connectivity index (χ3v) is 3.88. The zero-order chi connectivity index (χ0) is 17.3. The van der Waals surface area contributed by atoms with Gasteiger partial charge in [0.15, 0.2) is 0 Å². The molecular formula is C17H18N4O3. The van der Waals surface area contributed by atoms with Gasteiger partial charge < -0.3 is 19.7 Å². The molecule has 2 heterocycles. The van der Waals surface area contributed by atoms with Gasteiger partial charge >= 0.3 is 0 Å². The maximum Gasteiger partial charge on any atom is 0.258 e. The summed E-state index contributed by atoms with van der Waals surface area (Å²) in [5.74, 6) is 1.08. The zero-order valence-electron chi connectivity index (χ0n) is 13.6. The highest BCUT2D eigenvalue weighted by Crippen LogP contribution is 2.30. The van der Waals surface area contributed by atoms with E-state index in [1.807, 2.05) is 0 Å². The molecule has 0 aromatic heterocycles. The molecular weight excluding hydrogens is 308 g/mol. The summed E-state index contributed by atoms with van der Waals surface area (Å²) in [7, 11) is 4.90. The molecule has 2 N–H and O–H groups in total. The van der Waals surface area contributed by atoms with Gasteiger partial charge in [-0.15, -0.1) is 0 Å². The Kier molecular flexibility index (Phi) is 4.18. The molecule has 1 unspecified atom stereocenters. The van der Waals surface area contributed by atoms with Crippen LogP contribution in [0.3, 0.4) is 0 Å². The van der Waals surface area contributed by atoms with Crippen LogP contribution in [0, 0.1) is 0 Å². The van der Waals surface area contributed by atoms with E-state index in [9.17, 15) is 9.90 Å². The number of aliphatic hydroxyl groups excluding tert-OH is 1. The van der Waals surface area contributed by atoms with E-state index in [1.165, 1.54) is 4.57 Å². The predicted molar refractivity (Wildman–Crippen MR) is 90.5 cm³/mol. The highest BCUT2D eigenvalue weighted by atomic mass is 16.5. The molecule has 1 atom stereocenters. The first kappa shape index (κ1) is 15.9. The fraction of sp³-hybridized carbons (Fsp3) is 0.235. The minimum Gasteiger partial charge on any atom is -0.497 e. The first-order valence-corrected chi connectivity index (χ1v) is 7.42. The third kappa shape index (κ3) is 2.69. The Bertz CT molecular complexity index is 889. The summed E-state index contributed by atoms with van der Waals surface area (Å²) in [4.78, 5) is 21.4. The van der Waals surface area contributed by atoms with Crippen LogP contribution in [-0.4, -0.2) is 33.8 Å². The van der Waals surface area contributed by atoms with Crippen LogP contribution in [0.15, 0.2) is 41.3 Å². The number of aliphatic hydroxyl groups is 1. The Labute approximate surface area is 138 Å². The quantitative estimate of drug-likeness (QED) is 0.753. The van der Waals surface area contributed by atoms with Gasteiger partial charge in [-0.1, -0.05) is 12.1 Å². The molecule has 0 fully saturated rings. The highest BCUT2D eigenvalue weighted by molar-refractivity contribution is 5.64. The number of methoxy groups -OCH3 is 1. The molecule has 3 rings (SSSR count). The summed E-state index contributed by atoms with van der Waals surface area (Å²) in [6, 6.07) is 8.61. The average Bonchev–Trinajstić information content (AvgIpc) is 2.98. The largest absolute Gasteiger partial charge is 0.497 e. The summed E-state index contributed by atoms with van der Waals surface area (Å²) in [6.45, 7) is 0. The van der Waals surface area contributed by atoms with Gasteiger partial charge in [0.2, 0.25) is 5.95 Å². The zero-order valence-corrected chi connectivity index (χ0v) is 13.6. The van der Waals surface area contributed by atoms with Crippen LogP contribution < -0.4 is 15.6 Å². The molecule has 0 saturated carbocycles. The van der Waals surface area contributed by atoms with Crippen molar-refractivity contribution in [2.24, 2.45) is 7.05 Å². The molecule has 24 heavy (non-hydrogen) atoms. The number of nitrogens with zero attached hydrogens (tertiary/aromatic N) is 3. The van der Waals surface area contributed by atoms with Crippen molar-refractivity contribution in [3.8, 4) is 17.1 Å². The monoisotopic (exact) mass is 326 g/mol. The highest BCUT2D eigenvalue weighted by Gasteiger charge is 2.24. The van der Waals surface area contributed by atoms with E-state index >= 15 is 0 Å². The average molecular weight is 326 g/mol. The summed E-state index contributed by atoms with van der Waals surface area (Å²) in [5.41, 5.74) is 1.37. The molecule has 1 aromatic carbocycles. The molecule has 124 valence electrons. The minimum absolute atomic E-state index is 0.191.